The maximum Gasteiger partial charge on any atom is 0.412 e. The Labute approximate surface area is 239 Å². The molecule has 4 aromatic rings. The van der Waals surface area contributed by atoms with Crippen molar-refractivity contribution in [2.24, 2.45) is 5.92 Å². The number of ether oxygens (including phenoxy) is 1. The van der Waals surface area contributed by atoms with Gasteiger partial charge in [-0.3, -0.25) is 4.79 Å². The molecule has 2 aromatic carbocycles. The van der Waals surface area contributed by atoms with Gasteiger partial charge in [0.2, 0.25) is 0 Å². The zero-order chi connectivity index (χ0) is 27.8. The number of rotatable bonds is 8. The van der Waals surface area contributed by atoms with Gasteiger partial charge in [-0.15, -0.1) is 11.3 Å². The summed E-state index contributed by atoms with van der Waals surface area (Å²) in [5, 5.41) is 3.68. The smallest absolute Gasteiger partial charge is 0.409 e. The van der Waals surface area contributed by atoms with Crippen molar-refractivity contribution in [3.8, 4) is 16.2 Å². The molecular weight excluding hydrogens is 549 g/mol. The third kappa shape index (κ3) is 4.92. The molecular formula is C29H30FN5O3S2. The molecule has 3 heterocycles. The van der Waals surface area contributed by atoms with Gasteiger partial charge in [-0.1, -0.05) is 29.5 Å². The van der Waals surface area contributed by atoms with E-state index in [0.29, 0.717) is 23.9 Å². The van der Waals surface area contributed by atoms with E-state index >= 15 is 0 Å². The fourth-order valence-electron chi connectivity index (χ4n) is 5.94. The van der Waals surface area contributed by atoms with Crippen molar-refractivity contribution in [2.45, 2.75) is 45.2 Å². The van der Waals surface area contributed by atoms with Crippen molar-refractivity contribution >= 4 is 50.0 Å². The second kappa shape index (κ2) is 11.1. The molecule has 40 heavy (non-hydrogen) atoms. The number of benzene rings is 2. The standard InChI is InChI=1S/C29H30FN5O3S2/c1-3-34(4-2)28-33-24(25(40-28)17-8-11-19(30)12-9-17)27(36)35-20-13-10-18(14-20)22(35)15-31-29(37)38-23-7-5-6-21-26(23)39-16-32-21/h5-9,11-12,16,18,20,22H,3-4,10,13-15H2,1-2H3,(H,31,37)/t18-,20+,22+/m1/s1. The van der Waals surface area contributed by atoms with Gasteiger partial charge in [0.1, 0.15) is 11.5 Å². The minimum atomic E-state index is -0.555. The molecule has 1 saturated carbocycles. The van der Waals surface area contributed by atoms with Crippen LogP contribution in [0, 0.1) is 11.7 Å². The molecule has 1 saturated heterocycles. The normalized spacial score (nSPS) is 19.8. The number of hydrogen-bond acceptors (Lipinski definition) is 8. The van der Waals surface area contributed by atoms with Crippen molar-refractivity contribution in [3.05, 3.63) is 59.5 Å². The van der Waals surface area contributed by atoms with Crippen LogP contribution in [0.25, 0.3) is 20.7 Å². The van der Waals surface area contributed by atoms with Crippen molar-refractivity contribution in [1.82, 2.24) is 20.2 Å². The van der Waals surface area contributed by atoms with E-state index in [1.807, 2.05) is 11.0 Å². The van der Waals surface area contributed by atoms with Gasteiger partial charge in [-0.2, -0.15) is 0 Å². The highest BCUT2D eigenvalue weighted by molar-refractivity contribution is 7.19. The van der Waals surface area contributed by atoms with Crippen LogP contribution in [0.4, 0.5) is 14.3 Å². The van der Waals surface area contributed by atoms with Crippen LogP contribution in [-0.4, -0.2) is 58.6 Å². The SMILES string of the molecule is CCN(CC)c1nc(C(=O)N2[C@H]3CC[C@H](C3)[C@@H]2CNC(=O)Oc2cccc3ncsc23)c(-c2ccc(F)cc2)s1. The van der Waals surface area contributed by atoms with E-state index in [9.17, 15) is 14.0 Å². The molecule has 11 heteroatoms. The van der Waals surface area contributed by atoms with Crippen LogP contribution in [0.1, 0.15) is 43.6 Å². The molecule has 0 unspecified atom stereocenters. The first-order valence-corrected chi connectivity index (χ1v) is 15.3. The summed E-state index contributed by atoms with van der Waals surface area (Å²) < 4.78 is 20.1. The summed E-state index contributed by atoms with van der Waals surface area (Å²) in [5.41, 5.74) is 3.65. The van der Waals surface area contributed by atoms with E-state index in [0.717, 1.165) is 58.1 Å². The monoisotopic (exact) mass is 579 g/mol. The molecule has 1 N–H and O–H groups in total. The van der Waals surface area contributed by atoms with E-state index < -0.39 is 6.09 Å². The lowest BCUT2D eigenvalue weighted by Crippen LogP contribution is -2.50. The molecule has 1 aliphatic heterocycles. The first kappa shape index (κ1) is 26.6. The van der Waals surface area contributed by atoms with Gasteiger partial charge in [0.15, 0.2) is 10.9 Å². The molecule has 0 radical (unpaired) electrons. The van der Waals surface area contributed by atoms with Crippen molar-refractivity contribution in [3.63, 3.8) is 0 Å². The number of halogens is 1. The van der Waals surface area contributed by atoms with Crippen LogP contribution in [-0.2, 0) is 0 Å². The lowest BCUT2D eigenvalue weighted by atomic mass is 9.98. The molecule has 3 atom stereocenters. The summed E-state index contributed by atoms with van der Waals surface area (Å²) >= 11 is 2.88. The number of piperidine rings is 1. The predicted octanol–water partition coefficient (Wildman–Crippen LogP) is 6.19. The molecule has 0 spiro atoms. The predicted molar refractivity (Wildman–Crippen MR) is 156 cm³/mol. The zero-order valence-electron chi connectivity index (χ0n) is 22.3. The number of fused-ring (bicyclic) bond motifs is 3. The van der Waals surface area contributed by atoms with Crippen molar-refractivity contribution in [1.29, 1.82) is 0 Å². The fraction of sp³-hybridized carbons (Fsp3) is 0.379. The highest BCUT2D eigenvalue weighted by atomic mass is 32.1. The minimum absolute atomic E-state index is 0.103. The van der Waals surface area contributed by atoms with E-state index in [1.54, 1.807) is 29.8 Å². The van der Waals surface area contributed by atoms with Crippen molar-refractivity contribution < 1.29 is 18.7 Å². The Bertz CT molecular complexity index is 1530. The largest absolute Gasteiger partial charge is 0.412 e. The number of carbonyl (C=O) groups is 2. The summed E-state index contributed by atoms with van der Waals surface area (Å²) in [4.78, 5) is 40.9. The molecule has 2 fully saturated rings. The molecule has 6 rings (SSSR count). The second-order valence-electron chi connectivity index (χ2n) is 10.1. The number of nitrogens with one attached hydrogen (secondary N) is 1. The first-order chi connectivity index (χ1) is 19.5. The lowest BCUT2D eigenvalue weighted by molar-refractivity contribution is 0.0586. The van der Waals surface area contributed by atoms with Gasteiger partial charge in [0.05, 0.1) is 26.6 Å². The van der Waals surface area contributed by atoms with Crippen molar-refractivity contribution in [2.75, 3.05) is 24.5 Å². The lowest BCUT2D eigenvalue weighted by Gasteiger charge is -2.35. The van der Waals surface area contributed by atoms with E-state index in [1.165, 1.54) is 34.8 Å². The van der Waals surface area contributed by atoms with Gasteiger partial charge in [-0.25, -0.2) is 19.2 Å². The second-order valence-corrected chi connectivity index (χ2v) is 11.9. The molecule has 208 valence electrons. The summed E-state index contributed by atoms with van der Waals surface area (Å²) in [6, 6.07) is 11.6. The third-order valence-corrected chi connectivity index (χ3v) is 9.93. The summed E-state index contributed by atoms with van der Waals surface area (Å²) in [7, 11) is 0. The maximum atomic E-state index is 14.2. The Morgan fingerprint density at radius 1 is 1.15 bits per heavy atom. The van der Waals surface area contributed by atoms with E-state index in [4.69, 9.17) is 9.72 Å². The Hall–Kier alpha value is -3.57. The molecule has 8 nitrogen and oxygen atoms in total. The van der Waals surface area contributed by atoms with Crippen LogP contribution in [0.5, 0.6) is 5.75 Å². The maximum absolute atomic E-state index is 14.2. The van der Waals surface area contributed by atoms with Gasteiger partial charge < -0.3 is 19.9 Å². The molecule has 2 aliphatic rings. The third-order valence-electron chi connectivity index (χ3n) is 7.91. The average Bonchev–Trinajstić information content (AvgIpc) is 3.77. The van der Waals surface area contributed by atoms with E-state index in [2.05, 4.69) is 29.0 Å². The highest BCUT2D eigenvalue weighted by Crippen LogP contribution is 2.44. The van der Waals surface area contributed by atoms with Crippen LogP contribution in [0.2, 0.25) is 0 Å². The zero-order valence-corrected chi connectivity index (χ0v) is 23.9. The number of likely N-dealkylation sites (tertiary alicyclic amines) is 1. The number of nitrogens with zero attached hydrogens (tertiary/aromatic N) is 4. The van der Waals surface area contributed by atoms with Crippen LogP contribution < -0.4 is 15.0 Å². The quantitative estimate of drug-likeness (QED) is 0.268. The molecule has 1 aliphatic carbocycles. The van der Waals surface area contributed by atoms with Crippen LogP contribution in [0.15, 0.2) is 48.0 Å². The summed E-state index contributed by atoms with van der Waals surface area (Å²) in [5.74, 6) is 0.297. The van der Waals surface area contributed by atoms with Gasteiger partial charge in [0.25, 0.3) is 5.91 Å². The Morgan fingerprint density at radius 3 is 2.73 bits per heavy atom. The topological polar surface area (TPSA) is 87.7 Å². The number of aromatic nitrogens is 2. The number of carbonyl (C=O) groups excluding carboxylic acids is 2. The van der Waals surface area contributed by atoms with Gasteiger partial charge >= 0.3 is 6.09 Å². The molecule has 2 bridgehead atoms. The van der Waals surface area contributed by atoms with Crippen LogP contribution >= 0.6 is 22.7 Å². The Morgan fingerprint density at radius 2 is 1.95 bits per heavy atom. The number of thiazole rings is 2. The van der Waals surface area contributed by atoms with Gasteiger partial charge in [-0.05, 0) is 68.9 Å². The summed E-state index contributed by atoms with van der Waals surface area (Å²) in [6.07, 6.45) is 2.30. The highest BCUT2D eigenvalue weighted by Gasteiger charge is 2.49. The Balaban J connectivity index is 1.24. The first-order valence-electron chi connectivity index (χ1n) is 13.6. The van der Waals surface area contributed by atoms with Crippen LogP contribution in [0.3, 0.4) is 0 Å². The fourth-order valence-corrected chi connectivity index (χ4v) is 7.87. The van der Waals surface area contributed by atoms with Gasteiger partial charge in [0, 0.05) is 25.7 Å². The average molecular weight is 580 g/mol. The minimum Gasteiger partial charge on any atom is -0.409 e. The molecule has 2 aromatic heterocycles. The van der Waals surface area contributed by atoms with E-state index in [-0.39, 0.29) is 23.8 Å². The Kier molecular flexibility index (Phi) is 7.41. The summed E-state index contributed by atoms with van der Waals surface area (Å²) in [6.45, 7) is 5.93. The number of amides is 2. The molecule has 2 amide bonds. The number of hydrogen-bond donors (Lipinski definition) is 1. The number of anilines is 1.